The Labute approximate surface area is 157 Å². The van der Waals surface area contributed by atoms with Crippen molar-refractivity contribution in [3.05, 3.63) is 88.2 Å². The largest absolute Gasteiger partial charge is 0.497 e. The molecule has 0 atom stereocenters. The van der Waals surface area contributed by atoms with Crippen LogP contribution in [-0.4, -0.2) is 23.2 Å². The Morgan fingerprint density at radius 3 is 2.04 bits per heavy atom. The number of benzene rings is 2. The van der Waals surface area contributed by atoms with Crippen LogP contribution in [0.5, 0.6) is 5.75 Å². The maximum atomic E-state index is 12.6. The zero-order valence-electron chi connectivity index (χ0n) is 15.4. The Bertz CT molecular complexity index is 1060. The number of aromatic nitrogens is 1. The molecule has 0 N–H and O–H groups in total. The van der Waals surface area contributed by atoms with E-state index in [9.17, 15) is 9.59 Å². The summed E-state index contributed by atoms with van der Waals surface area (Å²) in [6, 6.07) is 16.8. The fourth-order valence-electron chi connectivity index (χ4n) is 3.62. The second-order valence-corrected chi connectivity index (χ2v) is 6.62. The van der Waals surface area contributed by atoms with E-state index in [0.29, 0.717) is 11.1 Å². The molecular weight excluding hydrogens is 338 g/mol. The van der Waals surface area contributed by atoms with Crippen LogP contribution in [0.1, 0.15) is 37.7 Å². The zero-order valence-corrected chi connectivity index (χ0v) is 15.4. The number of Topliss-reactive ketones (excluding diaryl/α,β-unsaturated/α-hetero) is 2. The Kier molecular flexibility index (Phi) is 4.04. The number of allylic oxidation sites excluding steroid dienone is 1. The van der Waals surface area contributed by atoms with Gasteiger partial charge in [-0.05, 0) is 55.8 Å². The van der Waals surface area contributed by atoms with Gasteiger partial charge < -0.3 is 9.30 Å². The molecule has 0 bridgehead atoms. The minimum Gasteiger partial charge on any atom is -0.497 e. The summed E-state index contributed by atoms with van der Waals surface area (Å²) in [4.78, 5) is 25.3. The molecule has 4 rings (SSSR count). The molecule has 4 nitrogen and oxygen atoms in total. The maximum absolute atomic E-state index is 12.6. The number of carbonyl (C=O) groups is 2. The van der Waals surface area contributed by atoms with E-state index < -0.39 is 0 Å². The van der Waals surface area contributed by atoms with Gasteiger partial charge in [-0.15, -0.1) is 0 Å². The average Bonchev–Trinajstić information content (AvgIpc) is 3.10. The molecule has 0 aliphatic heterocycles. The quantitative estimate of drug-likeness (QED) is 0.510. The zero-order chi connectivity index (χ0) is 19.1. The Hall–Kier alpha value is -3.40. The van der Waals surface area contributed by atoms with E-state index >= 15 is 0 Å². The van der Waals surface area contributed by atoms with Crippen molar-refractivity contribution >= 4 is 17.6 Å². The van der Waals surface area contributed by atoms with E-state index in [1.807, 2.05) is 44.2 Å². The van der Waals surface area contributed by atoms with Gasteiger partial charge in [-0.1, -0.05) is 24.3 Å². The first-order valence-corrected chi connectivity index (χ1v) is 8.74. The van der Waals surface area contributed by atoms with Gasteiger partial charge in [-0.3, -0.25) is 9.59 Å². The lowest BCUT2D eigenvalue weighted by Gasteiger charge is -2.10. The van der Waals surface area contributed by atoms with Gasteiger partial charge in [0.1, 0.15) is 5.75 Å². The smallest absolute Gasteiger partial charge is 0.197 e. The SMILES string of the molecule is COc1ccc(-n2c(C)cc(C=C3C(=O)c4ccccc4C3=O)c2C)cc1. The van der Waals surface area contributed by atoms with E-state index in [-0.39, 0.29) is 17.1 Å². The molecule has 0 radical (unpaired) electrons. The predicted molar refractivity (Wildman–Crippen MR) is 105 cm³/mol. The molecule has 4 heteroatoms. The average molecular weight is 357 g/mol. The van der Waals surface area contributed by atoms with Crippen LogP contribution >= 0.6 is 0 Å². The number of aryl methyl sites for hydroxylation is 1. The van der Waals surface area contributed by atoms with Crippen molar-refractivity contribution in [1.29, 1.82) is 0 Å². The molecule has 0 saturated carbocycles. The van der Waals surface area contributed by atoms with Gasteiger partial charge in [0.05, 0.1) is 12.7 Å². The van der Waals surface area contributed by atoms with Crippen molar-refractivity contribution in [2.75, 3.05) is 7.11 Å². The molecule has 1 aromatic heterocycles. The summed E-state index contributed by atoms with van der Waals surface area (Å²) in [6.45, 7) is 3.99. The highest BCUT2D eigenvalue weighted by molar-refractivity contribution is 6.41. The Morgan fingerprint density at radius 2 is 1.48 bits per heavy atom. The summed E-state index contributed by atoms with van der Waals surface area (Å²) < 4.78 is 7.32. The first-order chi connectivity index (χ1) is 13.0. The number of rotatable bonds is 3. The van der Waals surface area contributed by atoms with Crippen molar-refractivity contribution in [2.24, 2.45) is 0 Å². The van der Waals surface area contributed by atoms with Crippen molar-refractivity contribution in [2.45, 2.75) is 13.8 Å². The number of nitrogens with zero attached hydrogens (tertiary/aromatic N) is 1. The predicted octanol–water partition coefficient (Wildman–Crippen LogP) is 4.57. The highest BCUT2D eigenvalue weighted by atomic mass is 16.5. The summed E-state index contributed by atoms with van der Waals surface area (Å²) in [5, 5.41) is 0. The Morgan fingerprint density at radius 1 is 0.889 bits per heavy atom. The van der Waals surface area contributed by atoms with Crippen LogP contribution in [-0.2, 0) is 0 Å². The minimum atomic E-state index is -0.204. The number of hydrogen-bond donors (Lipinski definition) is 0. The fraction of sp³-hybridized carbons (Fsp3) is 0.130. The maximum Gasteiger partial charge on any atom is 0.197 e. The topological polar surface area (TPSA) is 48.3 Å². The number of fused-ring (bicyclic) bond motifs is 1. The molecule has 3 aromatic rings. The molecule has 0 saturated heterocycles. The molecule has 1 heterocycles. The van der Waals surface area contributed by atoms with Crippen molar-refractivity contribution in [1.82, 2.24) is 4.57 Å². The van der Waals surface area contributed by atoms with Crippen LogP contribution in [0.4, 0.5) is 0 Å². The van der Waals surface area contributed by atoms with Crippen LogP contribution in [0.15, 0.2) is 60.2 Å². The van der Waals surface area contributed by atoms with Crippen LogP contribution < -0.4 is 4.74 Å². The molecule has 1 aliphatic carbocycles. The van der Waals surface area contributed by atoms with Gasteiger partial charge in [0.25, 0.3) is 0 Å². The van der Waals surface area contributed by atoms with E-state index in [1.54, 1.807) is 37.5 Å². The number of ether oxygens (including phenoxy) is 1. The van der Waals surface area contributed by atoms with Crippen LogP contribution in [0.25, 0.3) is 11.8 Å². The van der Waals surface area contributed by atoms with Gasteiger partial charge in [0.2, 0.25) is 0 Å². The molecule has 1 aliphatic rings. The van der Waals surface area contributed by atoms with Gasteiger partial charge >= 0.3 is 0 Å². The standard InChI is InChI=1S/C23H19NO3/c1-14-12-16(15(2)24(14)17-8-10-18(27-3)11-9-17)13-21-22(25)19-6-4-5-7-20(19)23(21)26/h4-13H,1-3H3. The van der Waals surface area contributed by atoms with Gasteiger partial charge in [0.15, 0.2) is 11.6 Å². The number of carbonyl (C=O) groups excluding carboxylic acids is 2. The van der Waals surface area contributed by atoms with Crippen LogP contribution in [0.2, 0.25) is 0 Å². The first-order valence-electron chi connectivity index (χ1n) is 8.74. The second kappa shape index (κ2) is 6.40. The normalized spacial score (nSPS) is 13.1. The van der Waals surface area contributed by atoms with Crippen molar-refractivity contribution < 1.29 is 14.3 Å². The summed E-state index contributed by atoms with van der Waals surface area (Å²) in [6.07, 6.45) is 1.72. The number of hydrogen-bond acceptors (Lipinski definition) is 3. The lowest BCUT2D eigenvalue weighted by molar-refractivity contribution is 0.0990. The van der Waals surface area contributed by atoms with Crippen LogP contribution in [0.3, 0.4) is 0 Å². The monoisotopic (exact) mass is 357 g/mol. The summed E-state index contributed by atoms with van der Waals surface area (Å²) in [5.74, 6) is 0.387. The molecule has 2 aromatic carbocycles. The fourth-order valence-corrected chi connectivity index (χ4v) is 3.62. The summed E-state index contributed by atoms with van der Waals surface area (Å²) in [7, 11) is 1.64. The van der Waals surface area contributed by atoms with E-state index in [0.717, 1.165) is 28.4 Å². The Balaban J connectivity index is 1.77. The van der Waals surface area contributed by atoms with Crippen molar-refractivity contribution in [3.8, 4) is 11.4 Å². The third kappa shape index (κ3) is 2.70. The molecule has 0 amide bonds. The first kappa shape index (κ1) is 17.0. The summed E-state index contributed by atoms with van der Waals surface area (Å²) in [5.41, 5.74) is 5.07. The third-order valence-electron chi connectivity index (χ3n) is 5.01. The molecule has 0 spiro atoms. The minimum absolute atomic E-state index is 0.204. The van der Waals surface area contributed by atoms with Gasteiger partial charge in [-0.25, -0.2) is 0 Å². The van der Waals surface area contributed by atoms with E-state index in [4.69, 9.17) is 4.74 Å². The highest BCUT2D eigenvalue weighted by Gasteiger charge is 2.32. The second-order valence-electron chi connectivity index (χ2n) is 6.62. The molecule has 0 fully saturated rings. The highest BCUT2D eigenvalue weighted by Crippen LogP contribution is 2.30. The van der Waals surface area contributed by atoms with E-state index in [2.05, 4.69) is 4.57 Å². The van der Waals surface area contributed by atoms with Crippen molar-refractivity contribution in [3.63, 3.8) is 0 Å². The lowest BCUT2D eigenvalue weighted by atomic mass is 10.1. The third-order valence-corrected chi connectivity index (χ3v) is 5.01. The van der Waals surface area contributed by atoms with E-state index in [1.165, 1.54) is 0 Å². The number of methoxy groups -OCH3 is 1. The van der Waals surface area contributed by atoms with Gasteiger partial charge in [-0.2, -0.15) is 0 Å². The molecule has 0 unspecified atom stereocenters. The molecular formula is C23H19NO3. The van der Waals surface area contributed by atoms with Crippen LogP contribution in [0, 0.1) is 13.8 Å². The lowest BCUT2D eigenvalue weighted by Crippen LogP contribution is -2.01. The molecule has 27 heavy (non-hydrogen) atoms. The number of ketones is 2. The molecule has 134 valence electrons. The van der Waals surface area contributed by atoms with Gasteiger partial charge in [0, 0.05) is 28.2 Å². The summed E-state index contributed by atoms with van der Waals surface area (Å²) >= 11 is 0.